The fraction of sp³-hybridized carbons (Fsp3) is 0.400. The smallest absolute Gasteiger partial charge is 0.00240 e. The van der Waals surface area contributed by atoms with Crippen LogP contribution in [0.4, 0.5) is 0 Å². The van der Waals surface area contributed by atoms with E-state index in [1.807, 2.05) is 12.1 Å². The first-order valence-electron chi connectivity index (χ1n) is 3.80. The van der Waals surface area contributed by atoms with Crippen LogP contribution in [0.5, 0.6) is 0 Å². The first kappa shape index (κ1) is 7.15. The van der Waals surface area contributed by atoms with Crippen LogP contribution in [-0.2, 0) is 6.42 Å². The lowest BCUT2D eigenvalue weighted by Gasteiger charge is -1.92. The van der Waals surface area contributed by atoms with Gasteiger partial charge in [0.2, 0.25) is 0 Å². The topological polar surface area (TPSA) is 0 Å². The highest BCUT2D eigenvalue weighted by Crippen LogP contribution is 1.99. The standard InChI is InChI=1S/C10H12/c1-2-3-7-10-8-5-4-6-9-10/h4-5,8H,2-3,7H2,1H3. The van der Waals surface area contributed by atoms with Crippen molar-refractivity contribution in [3.63, 3.8) is 0 Å². The number of unbranched alkanes of at least 4 members (excludes halogenated alkanes) is 1. The predicted molar refractivity (Wildman–Crippen MR) is 42.7 cm³/mol. The van der Waals surface area contributed by atoms with E-state index < -0.39 is 0 Å². The molecule has 0 N–H and O–H groups in total. The van der Waals surface area contributed by atoms with Gasteiger partial charge in [-0.05, 0) is 18.9 Å². The average molecular weight is 132 g/mol. The van der Waals surface area contributed by atoms with Crippen molar-refractivity contribution in [2.45, 2.75) is 26.2 Å². The van der Waals surface area contributed by atoms with Gasteiger partial charge in [0.05, 0.1) is 0 Å². The summed E-state index contributed by atoms with van der Waals surface area (Å²) in [5.74, 6) is 0. The number of hydrogen-bond acceptors (Lipinski definition) is 0. The van der Waals surface area contributed by atoms with Crippen LogP contribution in [-0.4, -0.2) is 0 Å². The molecule has 0 spiro atoms. The summed E-state index contributed by atoms with van der Waals surface area (Å²) < 4.78 is 0. The van der Waals surface area contributed by atoms with Crippen molar-refractivity contribution in [1.29, 1.82) is 0 Å². The van der Waals surface area contributed by atoms with Crippen LogP contribution in [0.15, 0.2) is 18.2 Å². The van der Waals surface area contributed by atoms with Gasteiger partial charge in [-0.2, -0.15) is 0 Å². The van der Waals surface area contributed by atoms with Crippen LogP contribution < -0.4 is 0 Å². The van der Waals surface area contributed by atoms with Gasteiger partial charge in [-0.1, -0.05) is 37.6 Å². The van der Waals surface area contributed by atoms with E-state index in [1.54, 1.807) is 0 Å². The number of rotatable bonds is 3. The van der Waals surface area contributed by atoms with Crippen LogP contribution in [0, 0.1) is 12.1 Å². The molecule has 0 saturated carbocycles. The molecule has 0 nitrogen and oxygen atoms in total. The summed E-state index contributed by atoms with van der Waals surface area (Å²) in [6.45, 7) is 2.20. The molecular formula is C10H12. The summed E-state index contributed by atoms with van der Waals surface area (Å²) in [4.78, 5) is 0. The van der Waals surface area contributed by atoms with Gasteiger partial charge >= 0.3 is 0 Å². The third-order valence-electron chi connectivity index (χ3n) is 1.51. The summed E-state index contributed by atoms with van der Waals surface area (Å²) in [5.41, 5.74) is 1.28. The highest BCUT2D eigenvalue weighted by Gasteiger charge is 1.86. The van der Waals surface area contributed by atoms with Crippen molar-refractivity contribution in [2.24, 2.45) is 0 Å². The molecule has 1 aromatic rings. The zero-order valence-corrected chi connectivity index (χ0v) is 6.35. The second kappa shape index (κ2) is 3.95. The molecular weight excluding hydrogens is 120 g/mol. The number of aryl methyl sites for hydroxylation is 1. The quantitative estimate of drug-likeness (QED) is 0.593. The van der Waals surface area contributed by atoms with E-state index in [0.717, 1.165) is 6.42 Å². The lowest BCUT2D eigenvalue weighted by Crippen LogP contribution is -1.80. The zero-order chi connectivity index (χ0) is 7.23. The molecule has 0 bridgehead atoms. The van der Waals surface area contributed by atoms with Crippen molar-refractivity contribution in [3.8, 4) is 0 Å². The molecule has 1 aromatic carbocycles. The Bertz CT molecular complexity index is 165. The van der Waals surface area contributed by atoms with Gasteiger partial charge in [0.25, 0.3) is 0 Å². The second-order valence-corrected chi connectivity index (χ2v) is 2.42. The normalized spacial score (nSPS) is 8.90. The molecule has 0 saturated heterocycles. The van der Waals surface area contributed by atoms with E-state index in [4.69, 9.17) is 0 Å². The average Bonchev–Trinajstić information content (AvgIpc) is 2.03. The van der Waals surface area contributed by atoms with E-state index in [0.29, 0.717) is 0 Å². The Hall–Kier alpha value is -0.960. The van der Waals surface area contributed by atoms with E-state index in [9.17, 15) is 0 Å². The summed E-state index contributed by atoms with van der Waals surface area (Å²) in [6.07, 6.45) is 3.66. The molecule has 0 radical (unpaired) electrons. The Labute approximate surface area is 62.9 Å². The van der Waals surface area contributed by atoms with Gasteiger partial charge < -0.3 is 0 Å². The van der Waals surface area contributed by atoms with Crippen LogP contribution in [0.25, 0.3) is 0 Å². The molecule has 10 heavy (non-hydrogen) atoms. The highest BCUT2D eigenvalue weighted by molar-refractivity contribution is 5.07. The van der Waals surface area contributed by atoms with E-state index in [-0.39, 0.29) is 0 Å². The minimum Gasteiger partial charge on any atom is -0.0700 e. The van der Waals surface area contributed by atoms with Crippen molar-refractivity contribution in [3.05, 3.63) is 35.9 Å². The maximum atomic E-state index is 3.08. The largest absolute Gasteiger partial charge is 0.0700 e. The second-order valence-electron chi connectivity index (χ2n) is 2.42. The van der Waals surface area contributed by atoms with Gasteiger partial charge in [0, 0.05) is 5.56 Å². The Morgan fingerprint density at radius 3 is 3.00 bits per heavy atom. The molecule has 0 atom stereocenters. The first-order chi connectivity index (χ1) is 4.93. The maximum absolute atomic E-state index is 3.08. The van der Waals surface area contributed by atoms with Crippen LogP contribution in [0.3, 0.4) is 0 Å². The molecule has 0 aliphatic carbocycles. The fourth-order valence-corrected chi connectivity index (χ4v) is 0.901. The molecule has 0 aliphatic rings. The van der Waals surface area contributed by atoms with Gasteiger partial charge in [-0.3, -0.25) is 0 Å². The Morgan fingerprint density at radius 1 is 1.50 bits per heavy atom. The van der Waals surface area contributed by atoms with Crippen molar-refractivity contribution >= 4 is 0 Å². The zero-order valence-electron chi connectivity index (χ0n) is 6.35. The van der Waals surface area contributed by atoms with E-state index in [1.165, 1.54) is 18.4 Å². The minimum absolute atomic E-state index is 1.15. The maximum Gasteiger partial charge on any atom is 0.00240 e. The van der Waals surface area contributed by atoms with Crippen molar-refractivity contribution in [2.75, 3.05) is 0 Å². The molecule has 0 heteroatoms. The predicted octanol–water partition coefficient (Wildman–Crippen LogP) is 2.63. The summed E-state index contributed by atoms with van der Waals surface area (Å²) in [7, 11) is 0. The Morgan fingerprint density at radius 2 is 2.40 bits per heavy atom. The van der Waals surface area contributed by atoms with Gasteiger partial charge in [0.1, 0.15) is 0 Å². The Kier molecular flexibility index (Phi) is 2.83. The molecule has 0 amide bonds. The Balaban J connectivity index is 2.43. The monoisotopic (exact) mass is 132 g/mol. The summed E-state index contributed by atoms with van der Waals surface area (Å²) >= 11 is 0. The van der Waals surface area contributed by atoms with Gasteiger partial charge in [0.15, 0.2) is 0 Å². The van der Waals surface area contributed by atoms with Crippen LogP contribution >= 0.6 is 0 Å². The fourth-order valence-electron chi connectivity index (χ4n) is 0.901. The molecule has 0 aromatic heterocycles. The van der Waals surface area contributed by atoms with Crippen molar-refractivity contribution in [1.82, 2.24) is 0 Å². The molecule has 52 valence electrons. The molecule has 1 rings (SSSR count). The SMILES string of the molecule is CCCCc1c#cccc1. The van der Waals surface area contributed by atoms with Crippen LogP contribution in [0.2, 0.25) is 0 Å². The van der Waals surface area contributed by atoms with Gasteiger partial charge in [-0.25, -0.2) is 0 Å². The third-order valence-corrected chi connectivity index (χ3v) is 1.51. The third kappa shape index (κ3) is 2.11. The first-order valence-corrected chi connectivity index (χ1v) is 3.80. The van der Waals surface area contributed by atoms with Crippen molar-refractivity contribution < 1.29 is 0 Å². The number of hydrogen-bond donors (Lipinski definition) is 0. The summed E-state index contributed by atoms with van der Waals surface area (Å²) in [5, 5.41) is 0. The molecule has 0 heterocycles. The van der Waals surface area contributed by atoms with E-state index in [2.05, 4.69) is 25.1 Å². The van der Waals surface area contributed by atoms with Crippen LogP contribution in [0.1, 0.15) is 25.3 Å². The molecule has 0 unspecified atom stereocenters. The lowest BCUT2D eigenvalue weighted by molar-refractivity contribution is 0.795. The molecule has 0 fully saturated rings. The highest BCUT2D eigenvalue weighted by atomic mass is 13.9. The lowest BCUT2D eigenvalue weighted by atomic mass is 10.1. The van der Waals surface area contributed by atoms with E-state index >= 15 is 0 Å². The molecule has 0 aliphatic heterocycles. The minimum atomic E-state index is 1.15. The van der Waals surface area contributed by atoms with Gasteiger partial charge in [-0.15, -0.1) is 0 Å². The summed E-state index contributed by atoms with van der Waals surface area (Å²) in [6, 6.07) is 12.0.